The molecule has 0 bridgehead atoms. The van der Waals surface area contributed by atoms with E-state index in [4.69, 9.17) is 11.6 Å². The van der Waals surface area contributed by atoms with Gasteiger partial charge in [0, 0.05) is 6.20 Å². The monoisotopic (exact) mass is 430 g/mol. The molecule has 1 aromatic carbocycles. The van der Waals surface area contributed by atoms with E-state index in [1.165, 1.54) is 0 Å². The van der Waals surface area contributed by atoms with Gasteiger partial charge in [0.15, 0.2) is 0 Å². The minimum absolute atomic E-state index is 0.0950. The van der Waals surface area contributed by atoms with Gasteiger partial charge >= 0.3 is 6.18 Å². The lowest BCUT2D eigenvalue weighted by Gasteiger charge is -2.40. The molecule has 1 aliphatic carbocycles. The first-order valence-corrected chi connectivity index (χ1v) is 9.43. The highest BCUT2D eigenvalue weighted by Crippen LogP contribution is 2.40. The fourth-order valence-electron chi connectivity index (χ4n) is 3.56. The van der Waals surface area contributed by atoms with Gasteiger partial charge in [-0.25, -0.2) is 9.37 Å². The van der Waals surface area contributed by atoms with Crippen LogP contribution in [0.25, 0.3) is 0 Å². The summed E-state index contributed by atoms with van der Waals surface area (Å²) in [5, 5.41) is 12.9. The number of pyridine rings is 1. The van der Waals surface area contributed by atoms with E-state index < -0.39 is 46.2 Å². The zero-order chi connectivity index (χ0) is 21.2. The second kappa shape index (κ2) is 8.28. The van der Waals surface area contributed by atoms with Crippen LogP contribution < -0.4 is 5.32 Å². The second-order valence-electron chi connectivity index (χ2n) is 7.11. The van der Waals surface area contributed by atoms with Crippen LogP contribution in [0.3, 0.4) is 0 Å². The topological polar surface area (TPSA) is 62.2 Å². The Labute approximate surface area is 169 Å². The molecule has 3 rings (SSSR count). The molecule has 0 spiro atoms. The first-order valence-electron chi connectivity index (χ1n) is 9.06. The zero-order valence-corrected chi connectivity index (χ0v) is 16.0. The average molecular weight is 431 g/mol. The fourth-order valence-corrected chi connectivity index (χ4v) is 3.87. The summed E-state index contributed by atoms with van der Waals surface area (Å²) in [7, 11) is 0. The van der Waals surface area contributed by atoms with E-state index in [9.17, 15) is 27.5 Å². The standard InChI is InChI=1S/C20H19ClF4N2O2/c21-15-14(20(23,24)25)8-11-26-16(15)18(28)27-17(12-4-2-1-3-5-12)19(29)9-6-13(22)7-10-19/h1-5,8,11,13,17,29H,6-7,9-10H2,(H,27,28)/t13-,17?,19+. The molecule has 0 radical (unpaired) electrons. The zero-order valence-electron chi connectivity index (χ0n) is 15.2. The molecule has 0 aliphatic heterocycles. The van der Waals surface area contributed by atoms with Crippen molar-refractivity contribution < 1.29 is 27.5 Å². The maximum absolute atomic E-state index is 13.6. The van der Waals surface area contributed by atoms with Crippen LogP contribution in [-0.4, -0.2) is 27.8 Å². The van der Waals surface area contributed by atoms with Crippen LogP contribution in [0.4, 0.5) is 17.6 Å². The molecule has 9 heteroatoms. The van der Waals surface area contributed by atoms with Gasteiger partial charge in [-0.05, 0) is 37.3 Å². The first-order chi connectivity index (χ1) is 13.6. The predicted molar refractivity (Wildman–Crippen MR) is 99.2 cm³/mol. The number of amides is 1. The highest BCUT2D eigenvalue weighted by molar-refractivity contribution is 6.34. The van der Waals surface area contributed by atoms with Crippen molar-refractivity contribution in [2.24, 2.45) is 0 Å². The summed E-state index contributed by atoms with van der Waals surface area (Å²) in [5.41, 5.74) is -2.67. The Hall–Kier alpha value is -2.19. The van der Waals surface area contributed by atoms with Crippen LogP contribution in [0.1, 0.15) is 53.3 Å². The van der Waals surface area contributed by atoms with Crippen molar-refractivity contribution in [1.82, 2.24) is 10.3 Å². The second-order valence-corrected chi connectivity index (χ2v) is 7.49. The summed E-state index contributed by atoms with van der Waals surface area (Å²) in [6, 6.07) is 8.22. The SMILES string of the molecule is O=C(NC(c1ccccc1)[C@]1(O)CC[C@@H](F)CC1)c1nccc(C(F)(F)F)c1Cl. The fraction of sp³-hybridized carbons (Fsp3) is 0.400. The highest BCUT2D eigenvalue weighted by Gasteiger charge is 2.43. The van der Waals surface area contributed by atoms with Gasteiger partial charge in [-0.3, -0.25) is 4.79 Å². The summed E-state index contributed by atoms with van der Waals surface area (Å²) in [6.45, 7) is 0. The number of rotatable bonds is 4. The lowest BCUT2D eigenvalue weighted by atomic mass is 9.76. The number of carbonyl (C=O) groups is 1. The van der Waals surface area contributed by atoms with Crippen molar-refractivity contribution in [3.63, 3.8) is 0 Å². The number of hydrogen-bond donors (Lipinski definition) is 2. The average Bonchev–Trinajstić information content (AvgIpc) is 2.68. The van der Waals surface area contributed by atoms with Crippen molar-refractivity contribution in [1.29, 1.82) is 0 Å². The highest BCUT2D eigenvalue weighted by atomic mass is 35.5. The summed E-state index contributed by atoms with van der Waals surface area (Å²) < 4.78 is 52.9. The maximum atomic E-state index is 13.6. The molecule has 1 aliphatic rings. The molecule has 29 heavy (non-hydrogen) atoms. The van der Waals surface area contributed by atoms with Crippen molar-refractivity contribution in [2.75, 3.05) is 0 Å². The maximum Gasteiger partial charge on any atom is 0.417 e. The van der Waals surface area contributed by atoms with E-state index >= 15 is 0 Å². The molecule has 1 atom stereocenters. The largest absolute Gasteiger partial charge is 0.417 e. The Morgan fingerprint density at radius 1 is 1.21 bits per heavy atom. The van der Waals surface area contributed by atoms with Crippen LogP contribution >= 0.6 is 11.6 Å². The van der Waals surface area contributed by atoms with Crippen molar-refractivity contribution in [3.05, 3.63) is 64.4 Å². The summed E-state index contributed by atoms with van der Waals surface area (Å²) >= 11 is 5.80. The van der Waals surface area contributed by atoms with Gasteiger partial charge in [0.2, 0.25) is 0 Å². The molecule has 1 amide bonds. The molecule has 156 valence electrons. The minimum atomic E-state index is -4.74. The van der Waals surface area contributed by atoms with Crippen LogP contribution in [0.5, 0.6) is 0 Å². The molecule has 4 nitrogen and oxygen atoms in total. The third kappa shape index (κ3) is 4.70. The van der Waals surface area contributed by atoms with Gasteiger partial charge in [-0.2, -0.15) is 13.2 Å². The Bertz CT molecular complexity index is 869. The predicted octanol–water partition coefficient (Wildman–Crippen LogP) is 4.87. The van der Waals surface area contributed by atoms with E-state index in [0.717, 1.165) is 6.20 Å². The van der Waals surface area contributed by atoms with Gasteiger partial charge in [-0.15, -0.1) is 0 Å². The molecule has 1 heterocycles. The molecular formula is C20H19ClF4N2O2. The van der Waals surface area contributed by atoms with Gasteiger partial charge < -0.3 is 10.4 Å². The normalized spacial score (nSPS) is 23.4. The Kier molecular flexibility index (Phi) is 6.14. The van der Waals surface area contributed by atoms with Crippen molar-refractivity contribution >= 4 is 17.5 Å². The quantitative estimate of drug-likeness (QED) is 0.680. The molecule has 2 N–H and O–H groups in total. The number of nitrogens with one attached hydrogen (secondary N) is 1. The summed E-state index contributed by atoms with van der Waals surface area (Å²) in [4.78, 5) is 16.5. The molecule has 1 fully saturated rings. The molecule has 1 saturated carbocycles. The number of aliphatic hydroxyl groups is 1. The number of alkyl halides is 4. The number of aromatic nitrogens is 1. The van der Waals surface area contributed by atoms with Crippen molar-refractivity contribution in [3.8, 4) is 0 Å². The van der Waals surface area contributed by atoms with Crippen LogP contribution in [0, 0.1) is 0 Å². The first kappa shape index (κ1) is 21.5. The number of carbonyl (C=O) groups excluding carboxylic acids is 1. The molecule has 0 saturated heterocycles. The number of hydrogen-bond acceptors (Lipinski definition) is 3. The van der Waals surface area contributed by atoms with Crippen LogP contribution in [0.15, 0.2) is 42.6 Å². The smallest absolute Gasteiger partial charge is 0.387 e. The van der Waals surface area contributed by atoms with E-state index in [2.05, 4.69) is 10.3 Å². The third-order valence-electron chi connectivity index (χ3n) is 5.14. The van der Waals surface area contributed by atoms with Gasteiger partial charge in [0.05, 0.1) is 22.2 Å². The Morgan fingerprint density at radius 2 is 1.83 bits per heavy atom. The van der Waals surface area contributed by atoms with Gasteiger partial charge in [0.1, 0.15) is 11.9 Å². The number of nitrogens with zero attached hydrogens (tertiary/aromatic N) is 1. The molecule has 2 aromatic rings. The number of halogens is 5. The van der Waals surface area contributed by atoms with E-state index in [1.807, 2.05) is 0 Å². The van der Waals surface area contributed by atoms with E-state index in [0.29, 0.717) is 11.6 Å². The summed E-state index contributed by atoms with van der Waals surface area (Å²) in [6.07, 6.45) is -4.50. The third-order valence-corrected chi connectivity index (χ3v) is 5.52. The lowest BCUT2D eigenvalue weighted by molar-refractivity contribution is -0.137. The minimum Gasteiger partial charge on any atom is -0.387 e. The molecule has 1 aromatic heterocycles. The van der Waals surface area contributed by atoms with E-state index in [-0.39, 0.29) is 25.7 Å². The van der Waals surface area contributed by atoms with Crippen LogP contribution in [0.2, 0.25) is 5.02 Å². The molecular weight excluding hydrogens is 412 g/mol. The van der Waals surface area contributed by atoms with Gasteiger partial charge in [0.25, 0.3) is 5.91 Å². The van der Waals surface area contributed by atoms with E-state index in [1.54, 1.807) is 30.3 Å². The Balaban J connectivity index is 1.94. The summed E-state index contributed by atoms with van der Waals surface area (Å²) in [5.74, 6) is -0.953. The number of benzene rings is 1. The van der Waals surface area contributed by atoms with Gasteiger partial charge in [-0.1, -0.05) is 41.9 Å². The van der Waals surface area contributed by atoms with Crippen molar-refractivity contribution in [2.45, 2.75) is 49.7 Å². The van der Waals surface area contributed by atoms with Crippen LogP contribution in [-0.2, 0) is 6.18 Å². The lowest BCUT2D eigenvalue weighted by Crippen LogP contribution is -2.48. The Morgan fingerprint density at radius 3 is 2.41 bits per heavy atom. The molecule has 1 unspecified atom stereocenters.